The molecule has 0 atom stereocenters. The van der Waals surface area contributed by atoms with E-state index in [1.807, 2.05) is 0 Å². The quantitative estimate of drug-likeness (QED) is 0.260. The van der Waals surface area contributed by atoms with E-state index in [4.69, 9.17) is 9.15 Å². The fourth-order valence-corrected chi connectivity index (χ4v) is 5.40. The van der Waals surface area contributed by atoms with Crippen LogP contribution < -0.4 is 4.31 Å². The molecule has 33 heavy (non-hydrogen) atoms. The van der Waals surface area contributed by atoms with Crippen molar-refractivity contribution in [3.05, 3.63) is 29.6 Å². The molecule has 3 rings (SSSR count). The Balaban J connectivity index is 1.79. The second-order valence-electron chi connectivity index (χ2n) is 8.34. The topological polar surface area (TPSA) is 116 Å². The Morgan fingerprint density at radius 1 is 1.27 bits per heavy atom. The van der Waals surface area contributed by atoms with Gasteiger partial charge in [-0.3, -0.25) is 4.57 Å². The summed E-state index contributed by atoms with van der Waals surface area (Å²) in [5, 5.41) is 7.33. The Morgan fingerprint density at radius 2 is 2.03 bits per heavy atom. The van der Waals surface area contributed by atoms with E-state index in [9.17, 15) is 17.2 Å². The van der Waals surface area contributed by atoms with Crippen LogP contribution in [0.4, 0.5) is 14.6 Å². The third-order valence-electron chi connectivity index (χ3n) is 4.54. The summed E-state index contributed by atoms with van der Waals surface area (Å²) in [5.41, 5.74) is 0. The Bertz CT molecular complexity index is 1160. The Labute approximate surface area is 195 Å². The van der Waals surface area contributed by atoms with Gasteiger partial charge in [-0.05, 0) is 13.0 Å². The number of sulfonamides is 1. The molecule has 0 N–H and O–H groups in total. The van der Waals surface area contributed by atoms with E-state index < -0.39 is 30.4 Å². The van der Waals surface area contributed by atoms with Gasteiger partial charge in [0.05, 0.1) is 31.0 Å². The van der Waals surface area contributed by atoms with Crippen LogP contribution in [0.5, 0.6) is 0 Å². The van der Waals surface area contributed by atoms with Gasteiger partial charge >= 0.3 is 6.43 Å². The van der Waals surface area contributed by atoms with Gasteiger partial charge in [0.25, 0.3) is 11.8 Å². The van der Waals surface area contributed by atoms with Gasteiger partial charge in [0.2, 0.25) is 10.0 Å². The van der Waals surface area contributed by atoms with Crippen molar-refractivity contribution in [1.82, 2.24) is 24.7 Å². The number of ether oxygens (including phenoxy) is 1. The van der Waals surface area contributed by atoms with E-state index in [0.717, 1.165) is 17.4 Å². The molecule has 0 saturated heterocycles. The molecule has 0 bridgehead atoms. The van der Waals surface area contributed by atoms with E-state index in [1.165, 1.54) is 23.0 Å². The van der Waals surface area contributed by atoms with E-state index in [1.54, 1.807) is 11.5 Å². The summed E-state index contributed by atoms with van der Waals surface area (Å²) in [7, 11) is -4.93. The maximum absolute atomic E-state index is 12.9. The molecule has 3 aromatic heterocycles. The van der Waals surface area contributed by atoms with Gasteiger partial charge in [-0.25, -0.2) is 22.7 Å². The first kappa shape index (κ1) is 25.4. The van der Waals surface area contributed by atoms with Crippen molar-refractivity contribution in [2.45, 2.75) is 52.3 Å². The van der Waals surface area contributed by atoms with Crippen LogP contribution in [0.3, 0.4) is 0 Å². The third-order valence-corrected chi connectivity index (χ3v) is 8.94. The molecule has 15 heteroatoms. The van der Waals surface area contributed by atoms with Crippen molar-refractivity contribution in [3.8, 4) is 10.8 Å². The zero-order chi connectivity index (χ0) is 24.2. The van der Waals surface area contributed by atoms with Crippen molar-refractivity contribution in [3.63, 3.8) is 0 Å². The lowest BCUT2D eigenvalue weighted by Crippen LogP contribution is -2.33. The normalized spacial score (nSPS) is 12.6. The van der Waals surface area contributed by atoms with Crippen LogP contribution in [-0.4, -0.2) is 53.6 Å². The van der Waals surface area contributed by atoms with Crippen molar-refractivity contribution in [2.75, 3.05) is 16.7 Å². The molecule has 0 unspecified atom stereocenters. The Hall–Kier alpha value is -2.23. The number of imidazole rings is 1. The first-order chi connectivity index (χ1) is 15.5. The molecule has 0 aliphatic carbocycles. The lowest BCUT2D eigenvalue weighted by atomic mass is 10.5. The number of hydrogen-bond donors (Lipinski definition) is 0. The molecule has 0 radical (unpaired) electrons. The molecule has 182 valence electrons. The minimum atomic E-state index is -3.68. The van der Waals surface area contributed by atoms with Crippen LogP contribution in [-0.2, 0) is 28.0 Å². The average Bonchev–Trinajstić information content (AvgIpc) is 3.49. The van der Waals surface area contributed by atoms with Gasteiger partial charge in [0.1, 0.15) is 22.4 Å². The van der Waals surface area contributed by atoms with Gasteiger partial charge in [-0.2, -0.15) is 8.78 Å². The summed E-state index contributed by atoms with van der Waals surface area (Å²) in [5.74, 6) is -0.666. The Kier molecular flexibility index (Phi) is 7.97. The third kappa shape index (κ3) is 6.65. The zero-order valence-electron chi connectivity index (χ0n) is 18.7. The molecule has 3 heterocycles. The number of aromatic nitrogens is 5. The van der Waals surface area contributed by atoms with Gasteiger partial charge in [-0.1, -0.05) is 19.6 Å². The summed E-state index contributed by atoms with van der Waals surface area (Å²) in [6.07, 6.45) is 1.48. The van der Waals surface area contributed by atoms with Crippen molar-refractivity contribution < 1.29 is 26.4 Å². The highest BCUT2D eigenvalue weighted by atomic mass is 32.2. The molecule has 0 aliphatic heterocycles. The second-order valence-corrected chi connectivity index (χ2v) is 17.3. The summed E-state index contributed by atoms with van der Waals surface area (Å²) in [6.45, 7) is 8.96. The van der Waals surface area contributed by atoms with Crippen molar-refractivity contribution >= 4 is 35.3 Å². The fourth-order valence-electron chi connectivity index (χ4n) is 2.67. The number of alkyl halides is 2. The molecular weight excluding hydrogens is 494 g/mol. The first-order valence-electron chi connectivity index (χ1n) is 10.1. The number of hydrogen-bond acceptors (Lipinski definition) is 9. The van der Waals surface area contributed by atoms with Crippen LogP contribution in [0.2, 0.25) is 25.7 Å². The van der Waals surface area contributed by atoms with Crippen LogP contribution >= 0.6 is 11.3 Å². The lowest BCUT2D eigenvalue weighted by molar-refractivity contribution is 0.0881. The largest absolute Gasteiger partial charge is 0.414 e. The monoisotopic (exact) mass is 520 g/mol. The molecule has 0 fully saturated rings. The molecule has 0 aromatic carbocycles. The van der Waals surface area contributed by atoms with E-state index in [0.29, 0.717) is 22.3 Å². The number of anilines is 1. The highest BCUT2D eigenvalue weighted by molar-refractivity contribution is 7.92. The number of rotatable bonds is 12. The van der Waals surface area contributed by atoms with Crippen LogP contribution in [0.25, 0.3) is 10.8 Å². The van der Waals surface area contributed by atoms with Crippen molar-refractivity contribution in [2.24, 2.45) is 0 Å². The lowest BCUT2D eigenvalue weighted by Gasteiger charge is -2.23. The SMILES string of the molecule is CCS(=O)(=O)N(Cc1ncc(-c2nnc(C(F)F)o2)s1)c1cncn1COCC[Si](C)(C)C. The standard InChI is InChI=1S/C18H26F2N6O4S2Si/c1-5-32(27,28)26(15-9-21-11-25(15)12-29-6-7-33(2,3)4)10-14-22-8-13(31-14)17-23-24-18(30-17)16(19)20/h8-9,11,16H,5-7,10,12H2,1-4H3. The predicted octanol–water partition coefficient (Wildman–Crippen LogP) is 4.00. The predicted molar refractivity (Wildman–Crippen MR) is 122 cm³/mol. The summed E-state index contributed by atoms with van der Waals surface area (Å²) in [4.78, 5) is 8.68. The van der Waals surface area contributed by atoms with Gasteiger partial charge < -0.3 is 9.15 Å². The van der Waals surface area contributed by atoms with Gasteiger partial charge in [0, 0.05) is 14.7 Å². The van der Waals surface area contributed by atoms with Crippen LogP contribution in [0, 0.1) is 0 Å². The van der Waals surface area contributed by atoms with Crippen molar-refractivity contribution in [1.29, 1.82) is 0 Å². The molecule has 0 amide bonds. The highest BCUT2D eigenvalue weighted by Crippen LogP contribution is 2.30. The number of halogens is 2. The first-order valence-corrected chi connectivity index (χ1v) is 16.3. The smallest absolute Gasteiger partial charge is 0.314 e. The molecule has 0 saturated carbocycles. The second kappa shape index (κ2) is 10.4. The minimum Gasteiger partial charge on any atom is -0.414 e. The number of thiazole rings is 1. The zero-order valence-corrected chi connectivity index (χ0v) is 21.4. The highest BCUT2D eigenvalue weighted by Gasteiger charge is 2.26. The maximum atomic E-state index is 12.9. The van der Waals surface area contributed by atoms with E-state index >= 15 is 0 Å². The van der Waals surface area contributed by atoms with E-state index in [2.05, 4.69) is 39.8 Å². The summed E-state index contributed by atoms with van der Waals surface area (Å²) >= 11 is 1.08. The minimum absolute atomic E-state index is 0.0721. The fraction of sp³-hybridized carbons (Fsp3) is 0.556. The van der Waals surface area contributed by atoms with Gasteiger partial charge in [0.15, 0.2) is 0 Å². The number of nitrogens with zero attached hydrogens (tertiary/aromatic N) is 6. The molecular formula is C18H26F2N6O4S2Si. The molecule has 3 aromatic rings. The van der Waals surface area contributed by atoms with E-state index in [-0.39, 0.29) is 24.9 Å². The van der Waals surface area contributed by atoms with Gasteiger partial charge in [-0.15, -0.1) is 21.5 Å². The maximum Gasteiger partial charge on any atom is 0.314 e. The summed E-state index contributed by atoms with van der Waals surface area (Å²) < 4.78 is 64.7. The molecule has 0 spiro atoms. The average molecular weight is 521 g/mol. The van der Waals surface area contributed by atoms with Crippen LogP contribution in [0.15, 0.2) is 23.1 Å². The molecule has 10 nitrogen and oxygen atoms in total. The van der Waals surface area contributed by atoms with Crippen LogP contribution in [0.1, 0.15) is 24.2 Å². The molecule has 0 aliphatic rings. The Morgan fingerprint density at radius 3 is 2.67 bits per heavy atom. The summed E-state index contributed by atoms with van der Waals surface area (Å²) in [6, 6.07) is 0.985.